The van der Waals surface area contributed by atoms with Gasteiger partial charge in [-0.2, -0.15) is 0 Å². The van der Waals surface area contributed by atoms with Gasteiger partial charge in [-0.05, 0) is 32.1 Å². The van der Waals surface area contributed by atoms with Gasteiger partial charge < -0.3 is 5.32 Å². The van der Waals surface area contributed by atoms with E-state index >= 15 is 0 Å². The monoisotopic (exact) mass is 338 g/mol. The van der Waals surface area contributed by atoms with E-state index in [1.54, 1.807) is 6.07 Å². The van der Waals surface area contributed by atoms with Gasteiger partial charge in [-0.15, -0.1) is 0 Å². The van der Waals surface area contributed by atoms with E-state index in [1.807, 2.05) is 6.92 Å². The molecule has 0 heterocycles. The molecule has 0 aliphatic rings. The fourth-order valence-corrected chi connectivity index (χ4v) is 2.98. The average molecular weight is 339 g/mol. The van der Waals surface area contributed by atoms with Gasteiger partial charge in [-0.1, -0.05) is 22.9 Å². The van der Waals surface area contributed by atoms with Crippen molar-refractivity contribution in [3.05, 3.63) is 28.0 Å². The molecule has 0 radical (unpaired) electrons. The molecule has 0 saturated heterocycles. The second-order valence-corrected chi connectivity index (χ2v) is 6.53. The maximum Gasteiger partial charge on any atom is 0.243 e. The summed E-state index contributed by atoms with van der Waals surface area (Å²) in [6.07, 6.45) is 0.928. The summed E-state index contributed by atoms with van der Waals surface area (Å²) in [4.78, 5) is -0.340. The SMILES string of the molecule is CCCNCc1cc(Br)cc(S(=O)(=O)NC)c1F. The predicted octanol–water partition coefficient (Wildman–Crippen LogP) is 2.00. The molecular formula is C11H16BrFN2O2S. The highest BCUT2D eigenvalue weighted by atomic mass is 79.9. The molecule has 0 aliphatic carbocycles. The largest absolute Gasteiger partial charge is 0.313 e. The molecule has 0 aliphatic heterocycles. The van der Waals surface area contributed by atoms with Gasteiger partial charge in [0.2, 0.25) is 10.0 Å². The molecule has 0 fully saturated rings. The molecule has 102 valence electrons. The minimum atomic E-state index is -3.79. The van der Waals surface area contributed by atoms with Gasteiger partial charge in [0.25, 0.3) is 0 Å². The maximum absolute atomic E-state index is 14.1. The first kappa shape index (κ1) is 15.6. The highest BCUT2D eigenvalue weighted by molar-refractivity contribution is 9.10. The van der Waals surface area contributed by atoms with Gasteiger partial charge in [0, 0.05) is 16.6 Å². The van der Waals surface area contributed by atoms with E-state index in [4.69, 9.17) is 0 Å². The molecule has 0 amide bonds. The predicted molar refractivity (Wildman–Crippen MR) is 72.3 cm³/mol. The van der Waals surface area contributed by atoms with E-state index in [-0.39, 0.29) is 4.90 Å². The van der Waals surface area contributed by atoms with E-state index < -0.39 is 15.8 Å². The molecule has 7 heteroatoms. The second-order valence-electron chi connectivity index (χ2n) is 3.76. The number of nitrogens with one attached hydrogen (secondary N) is 2. The maximum atomic E-state index is 14.1. The highest BCUT2D eigenvalue weighted by Gasteiger charge is 2.20. The summed E-state index contributed by atoms with van der Waals surface area (Å²) in [5.74, 6) is -0.712. The second kappa shape index (κ2) is 6.60. The third-order valence-corrected chi connectivity index (χ3v) is 4.25. The zero-order chi connectivity index (χ0) is 13.8. The Bertz CT molecular complexity index is 520. The zero-order valence-corrected chi connectivity index (χ0v) is 12.7. The third kappa shape index (κ3) is 3.74. The number of hydrogen-bond donors (Lipinski definition) is 2. The molecule has 0 unspecified atom stereocenters. The van der Waals surface area contributed by atoms with Crippen LogP contribution in [0, 0.1) is 5.82 Å². The van der Waals surface area contributed by atoms with Crippen LogP contribution in [-0.4, -0.2) is 22.0 Å². The van der Waals surface area contributed by atoms with Crippen LogP contribution >= 0.6 is 15.9 Å². The Morgan fingerprint density at radius 3 is 2.61 bits per heavy atom. The molecule has 4 nitrogen and oxygen atoms in total. The van der Waals surface area contributed by atoms with Crippen LogP contribution in [0.15, 0.2) is 21.5 Å². The minimum absolute atomic E-state index is 0.297. The normalized spacial score (nSPS) is 11.8. The first-order valence-corrected chi connectivity index (χ1v) is 7.82. The average Bonchev–Trinajstić information content (AvgIpc) is 2.33. The van der Waals surface area contributed by atoms with Crippen molar-refractivity contribution in [3.63, 3.8) is 0 Å². The number of rotatable bonds is 6. The standard InChI is InChI=1S/C11H16BrFN2O2S/c1-3-4-15-7-8-5-9(12)6-10(11(8)13)18(16,17)14-2/h5-6,14-15H,3-4,7H2,1-2H3. The lowest BCUT2D eigenvalue weighted by Gasteiger charge is -2.10. The van der Waals surface area contributed by atoms with Crippen LogP contribution < -0.4 is 10.0 Å². The molecule has 0 bridgehead atoms. The Morgan fingerprint density at radius 1 is 1.39 bits per heavy atom. The molecule has 18 heavy (non-hydrogen) atoms. The van der Waals surface area contributed by atoms with Crippen LogP contribution in [0.2, 0.25) is 0 Å². The van der Waals surface area contributed by atoms with Gasteiger partial charge in [-0.25, -0.2) is 17.5 Å². The van der Waals surface area contributed by atoms with Gasteiger partial charge in [-0.3, -0.25) is 0 Å². The van der Waals surface area contributed by atoms with E-state index in [0.29, 0.717) is 16.6 Å². The minimum Gasteiger partial charge on any atom is -0.313 e. The number of hydrogen-bond acceptors (Lipinski definition) is 3. The topological polar surface area (TPSA) is 58.2 Å². The zero-order valence-electron chi connectivity index (χ0n) is 10.3. The van der Waals surface area contributed by atoms with Crippen molar-refractivity contribution in [2.45, 2.75) is 24.8 Å². The molecule has 0 aromatic heterocycles. The fourth-order valence-electron chi connectivity index (χ4n) is 1.45. The van der Waals surface area contributed by atoms with Gasteiger partial charge >= 0.3 is 0 Å². The molecular weight excluding hydrogens is 323 g/mol. The Balaban J connectivity index is 3.15. The Labute approximate surface area is 115 Å². The Hall–Kier alpha value is -0.500. The molecule has 1 aromatic rings. The van der Waals surface area contributed by atoms with E-state index in [2.05, 4.69) is 26.0 Å². The van der Waals surface area contributed by atoms with Crippen LogP contribution in [0.3, 0.4) is 0 Å². The molecule has 2 N–H and O–H groups in total. The van der Waals surface area contributed by atoms with Crippen LogP contribution in [0.1, 0.15) is 18.9 Å². The quantitative estimate of drug-likeness (QED) is 0.780. The van der Waals surface area contributed by atoms with Crippen molar-refractivity contribution < 1.29 is 12.8 Å². The molecule has 1 aromatic carbocycles. The van der Waals surface area contributed by atoms with E-state index in [1.165, 1.54) is 13.1 Å². The summed E-state index contributed by atoms with van der Waals surface area (Å²) in [6, 6.07) is 2.83. The summed E-state index contributed by atoms with van der Waals surface area (Å²) in [7, 11) is -2.53. The Morgan fingerprint density at radius 2 is 2.06 bits per heavy atom. The van der Waals surface area contributed by atoms with Crippen molar-refractivity contribution in [2.24, 2.45) is 0 Å². The van der Waals surface area contributed by atoms with Crippen molar-refractivity contribution in [1.29, 1.82) is 0 Å². The number of sulfonamides is 1. The van der Waals surface area contributed by atoms with E-state index in [9.17, 15) is 12.8 Å². The smallest absolute Gasteiger partial charge is 0.243 e. The molecule has 0 spiro atoms. The first-order chi connectivity index (χ1) is 8.42. The van der Waals surface area contributed by atoms with Gasteiger partial charge in [0.05, 0.1) is 0 Å². The van der Waals surface area contributed by atoms with Crippen molar-refractivity contribution in [3.8, 4) is 0 Å². The Kier molecular flexibility index (Phi) is 5.71. The fraction of sp³-hybridized carbons (Fsp3) is 0.455. The summed E-state index contributed by atoms with van der Waals surface area (Å²) >= 11 is 3.19. The van der Waals surface area contributed by atoms with Gasteiger partial charge in [0.1, 0.15) is 10.7 Å². The van der Waals surface area contributed by atoms with Crippen molar-refractivity contribution in [1.82, 2.24) is 10.0 Å². The summed E-state index contributed by atoms with van der Waals surface area (Å²) in [5.41, 5.74) is 0.326. The molecule has 0 atom stereocenters. The summed E-state index contributed by atoms with van der Waals surface area (Å²) < 4.78 is 40.1. The van der Waals surface area contributed by atoms with Crippen LogP contribution in [0.5, 0.6) is 0 Å². The van der Waals surface area contributed by atoms with Gasteiger partial charge in [0.15, 0.2) is 0 Å². The summed E-state index contributed by atoms with van der Waals surface area (Å²) in [5, 5.41) is 3.04. The summed E-state index contributed by atoms with van der Waals surface area (Å²) in [6.45, 7) is 3.05. The lowest BCUT2D eigenvalue weighted by atomic mass is 10.2. The lowest BCUT2D eigenvalue weighted by Crippen LogP contribution is -2.22. The van der Waals surface area contributed by atoms with Crippen molar-refractivity contribution in [2.75, 3.05) is 13.6 Å². The number of benzene rings is 1. The van der Waals surface area contributed by atoms with Crippen LogP contribution in [-0.2, 0) is 16.6 Å². The van der Waals surface area contributed by atoms with Crippen molar-refractivity contribution >= 4 is 26.0 Å². The van der Waals surface area contributed by atoms with Crippen LogP contribution in [0.4, 0.5) is 4.39 Å². The number of halogens is 2. The first-order valence-electron chi connectivity index (χ1n) is 5.54. The lowest BCUT2D eigenvalue weighted by molar-refractivity contribution is 0.544. The van der Waals surface area contributed by atoms with Crippen LogP contribution in [0.25, 0.3) is 0 Å². The van der Waals surface area contributed by atoms with E-state index in [0.717, 1.165) is 13.0 Å². The highest BCUT2D eigenvalue weighted by Crippen LogP contribution is 2.23. The molecule has 1 rings (SSSR count). The molecule has 0 saturated carbocycles. The third-order valence-electron chi connectivity index (χ3n) is 2.38.